The predicted molar refractivity (Wildman–Crippen MR) is 76.4 cm³/mol. The molecule has 18 heavy (non-hydrogen) atoms. The summed E-state index contributed by atoms with van der Waals surface area (Å²) in [6.07, 6.45) is 2.30. The van der Waals surface area contributed by atoms with E-state index in [0.29, 0.717) is 10.9 Å². The van der Waals surface area contributed by atoms with E-state index in [2.05, 4.69) is 12.2 Å². The minimum absolute atomic E-state index is 0.250. The molecule has 1 aromatic rings. The molecule has 0 aliphatic carbocycles. The summed E-state index contributed by atoms with van der Waals surface area (Å²) >= 11 is 12.3. The third-order valence-electron chi connectivity index (χ3n) is 3.39. The van der Waals surface area contributed by atoms with Crippen LogP contribution in [-0.2, 0) is 4.74 Å². The SMILES string of the molecule is CCNC(c1ccc(Cl)cc1Cl)C1CCCOC1. The van der Waals surface area contributed by atoms with Crippen LogP contribution in [0.2, 0.25) is 10.0 Å². The van der Waals surface area contributed by atoms with Crippen LogP contribution in [0.5, 0.6) is 0 Å². The Hall–Kier alpha value is -0.280. The third kappa shape index (κ3) is 3.39. The van der Waals surface area contributed by atoms with Crippen molar-refractivity contribution in [3.63, 3.8) is 0 Å². The molecular weight excluding hydrogens is 269 g/mol. The zero-order valence-electron chi connectivity index (χ0n) is 10.6. The highest BCUT2D eigenvalue weighted by Gasteiger charge is 2.26. The lowest BCUT2D eigenvalue weighted by Crippen LogP contribution is -2.33. The van der Waals surface area contributed by atoms with E-state index in [0.717, 1.165) is 36.8 Å². The minimum atomic E-state index is 0.250. The third-order valence-corrected chi connectivity index (χ3v) is 3.95. The largest absolute Gasteiger partial charge is 0.381 e. The first-order valence-corrected chi connectivity index (χ1v) is 7.24. The van der Waals surface area contributed by atoms with Gasteiger partial charge in [-0.3, -0.25) is 0 Å². The number of hydrogen-bond acceptors (Lipinski definition) is 2. The van der Waals surface area contributed by atoms with Crippen molar-refractivity contribution in [1.29, 1.82) is 0 Å². The van der Waals surface area contributed by atoms with Gasteiger partial charge in [-0.15, -0.1) is 0 Å². The van der Waals surface area contributed by atoms with Gasteiger partial charge in [0.1, 0.15) is 0 Å². The fourth-order valence-corrected chi connectivity index (χ4v) is 3.06. The summed E-state index contributed by atoms with van der Waals surface area (Å²) in [6, 6.07) is 5.98. The molecule has 2 nitrogen and oxygen atoms in total. The summed E-state index contributed by atoms with van der Waals surface area (Å²) < 4.78 is 5.59. The van der Waals surface area contributed by atoms with Crippen LogP contribution in [0.4, 0.5) is 0 Å². The quantitative estimate of drug-likeness (QED) is 0.901. The Bertz CT molecular complexity index is 391. The van der Waals surface area contributed by atoms with Gasteiger partial charge in [0.2, 0.25) is 0 Å². The van der Waals surface area contributed by atoms with Gasteiger partial charge >= 0.3 is 0 Å². The Labute approximate surface area is 119 Å². The smallest absolute Gasteiger partial charge is 0.0512 e. The van der Waals surface area contributed by atoms with E-state index in [9.17, 15) is 0 Å². The van der Waals surface area contributed by atoms with Crippen LogP contribution >= 0.6 is 23.2 Å². The van der Waals surface area contributed by atoms with Crippen molar-refractivity contribution in [2.45, 2.75) is 25.8 Å². The highest BCUT2D eigenvalue weighted by Crippen LogP contribution is 2.34. The topological polar surface area (TPSA) is 21.3 Å². The number of halogens is 2. The molecular formula is C14H19Cl2NO. The fraction of sp³-hybridized carbons (Fsp3) is 0.571. The molecule has 1 fully saturated rings. The molecule has 2 atom stereocenters. The molecule has 2 unspecified atom stereocenters. The normalized spacial score (nSPS) is 21.8. The molecule has 1 saturated heterocycles. The van der Waals surface area contributed by atoms with E-state index >= 15 is 0 Å². The summed E-state index contributed by atoms with van der Waals surface area (Å²) in [6.45, 7) is 4.71. The number of hydrogen-bond donors (Lipinski definition) is 1. The lowest BCUT2D eigenvalue weighted by Gasteiger charge is -2.31. The number of benzene rings is 1. The van der Waals surface area contributed by atoms with Crippen LogP contribution in [0.15, 0.2) is 18.2 Å². The molecule has 0 saturated carbocycles. The molecule has 1 N–H and O–H groups in total. The molecule has 4 heteroatoms. The maximum absolute atomic E-state index is 6.31. The average molecular weight is 288 g/mol. The van der Waals surface area contributed by atoms with E-state index < -0.39 is 0 Å². The number of nitrogens with one attached hydrogen (secondary N) is 1. The highest BCUT2D eigenvalue weighted by atomic mass is 35.5. The fourth-order valence-electron chi connectivity index (χ4n) is 2.53. The van der Waals surface area contributed by atoms with Gasteiger partial charge < -0.3 is 10.1 Å². The van der Waals surface area contributed by atoms with Crippen LogP contribution in [0.1, 0.15) is 31.4 Å². The van der Waals surface area contributed by atoms with Crippen molar-refractivity contribution in [1.82, 2.24) is 5.32 Å². The standard InChI is InChI=1S/C14H19Cl2NO/c1-2-17-14(10-4-3-7-18-9-10)12-6-5-11(15)8-13(12)16/h5-6,8,10,14,17H,2-4,7,9H2,1H3. The molecule has 1 aliphatic heterocycles. The van der Waals surface area contributed by atoms with Crippen molar-refractivity contribution in [3.8, 4) is 0 Å². The molecule has 1 aliphatic rings. The summed E-state index contributed by atoms with van der Waals surface area (Å²) in [5.41, 5.74) is 1.12. The molecule has 100 valence electrons. The van der Waals surface area contributed by atoms with Gasteiger partial charge in [-0.05, 0) is 37.1 Å². The summed E-state index contributed by atoms with van der Waals surface area (Å²) in [4.78, 5) is 0. The van der Waals surface area contributed by atoms with Crippen molar-refractivity contribution >= 4 is 23.2 Å². The van der Waals surface area contributed by atoms with Crippen molar-refractivity contribution < 1.29 is 4.74 Å². The Morgan fingerprint density at radius 3 is 2.89 bits per heavy atom. The van der Waals surface area contributed by atoms with E-state index in [-0.39, 0.29) is 6.04 Å². The molecule has 0 spiro atoms. The van der Waals surface area contributed by atoms with E-state index in [1.54, 1.807) is 0 Å². The molecule has 1 aromatic carbocycles. The van der Waals surface area contributed by atoms with Crippen LogP contribution in [-0.4, -0.2) is 19.8 Å². The van der Waals surface area contributed by atoms with Gasteiger partial charge in [-0.1, -0.05) is 36.2 Å². The van der Waals surface area contributed by atoms with Crippen LogP contribution in [0.25, 0.3) is 0 Å². The van der Waals surface area contributed by atoms with Gasteiger partial charge in [0, 0.05) is 28.6 Å². The first-order chi connectivity index (χ1) is 8.72. The van der Waals surface area contributed by atoms with Crippen LogP contribution < -0.4 is 5.32 Å². The van der Waals surface area contributed by atoms with Gasteiger partial charge in [-0.25, -0.2) is 0 Å². The first kappa shape index (κ1) is 14.1. The Kier molecular flexibility index (Phi) is 5.31. The number of rotatable bonds is 4. The Morgan fingerprint density at radius 1 is 1.44 bits per heavy atom. The van der Waals surface area contributed by atoms with E-state index in [1.165, 1.54) is 6.42 Å². The monoisotopic (exact) mass is 287 g/mol. The van der Waals surface area contributed by atoms with Gasteiger partial charge in [0.15, 0.2) is 0 Å². The minimum Gasteiger partial charge on any atom is -0.381 e. The predicted octanol–water partition coefficient (Wildman–Crippen LogP) is 4.07. The lowest BCUT2D eigenvalue weighted by atomic mass is 9.88. The van der Waals surface area contributed by atoms with Crippen LogP contribution in [0, 0.1) is 5.92 Å². The zero-order chi connectivity index (χ0) is 13.0. The maximum Gasteiger partial charge on any atom is 0.0512 e. The van der Waals surface area contributed by atoms with Crippen molar-refractivity contribution in [3.05, 3.63) is 33.8 Å². The second kappa shape index (κ2) is 6.76. The van der Waals surface area contributed by atoms with Crippen LogP contribution in [0.3, 0.4) is 0 Å². The molecule has 0 bridgehead atoms. The highest BCUT2D eigenvalue weighted by molar-refractivity contribution is 6.35. The lowest BCUT2D eigenvalue weighted by molar-refractivity contribution is 0.0393. The van der Waals surface area contributed by atoms with E-state index in [1.807, 2.05) is 18.2 Å². The molecule has 0 radical (unpaired) electrons. The number of ether oxygens (including phenoxy) is 1. The summed E-state index contributed by atoms with van der Waals surface area (Å²) in [7, 11) is 0. The van der Waals surface area contributed by atoms with Crippen molar-refractivity contribution in [2.24, 2.45) is 5.92 Å². The van der Waals surface area contributed by atoms with Crippen molar-refractivity contribution in [2.75, 3.05) is 19.8 Å². The molecule has 2 rings (SSSR count). The van der Waals surface area contributed by atoms with Gasteiger partial charge in [0.25, 0.3) is 0 Å². The molecule has 0 amide bonds. The Balaban J connectivity index is 2.22. The zero-order valence-corrected chi connectivity index (χ0v) is 12.1. The second-order valence-corrected chi connectivity index (χ2v) is 5.52. The summed E-state index contributed by atoms with van der Waals surface area (Å²) in [5, 5.41) is 4.94. The average Bonchev–Trinajstić information content (AvgIpc) is 2.38. The van der Waals surface area contributed by atoms with Gasteiger partial charge in [0.05, 0.1) is 6.61 Å². The maximum atomic E-state index is 6.31. The second-order valence-electron chi connectivity index (χ2n) is 4.68. The Morgan fingerprint density at radius 2 is 2.28 bits per heavy atom. The van der Waals surface area contributed by atoms with E-state index in [4.69, 9.17) is 27.9 Å². The molecule has 1 heterocycles. The summed E-state index contributed by atoms with van der Waals surface area (Å²) in [5.74, 6) is 0.484. The van der Waals surface area contributed by atoms with Gasteiger partial charge in [-0.2, -0.15) is 0 Å². The molecule has 0 aromatic heterocycles. The first-order valence-electron chi connectivity index (χ1n) is 6.48.